The predicted octanol–water partition coefficient (Wildman–Crippen LogP) is -0.586. The molecule has 0 aliphatic carbocycles. The molecule has 2 rings (SSSR count). The summed E-state index contributed by atoms with van der Waals surface area (Å²) in [6, 6.07) is -0.0690. The largest absolute Gasteiger partial charge is 0.271 e. The van der Waals surface area contributed by atoms with E-state index in [2.05, 4.69) is 24.5 Å². The van der Waals surface area contributed by atoms with E-state index in [1.807, 2.05) is 13.2 Å². The summed E-state index contributed by atoms with van der Waals surface area (Å²) in [5, 5.41) is 7.84. The maximum absolute atomic E-state index is 5.45. The van der Waals surface area contributed by atoms with Crippen molar-refractivity contribution in [3.05, 3.63) is 23.8 Å². The Kier molecular flexibility index (Phi) is 2.99. The molecule has 2 aromatic rings. The van der Waals surface area contributed by atoms with Gasteiger partial charge >= 0.3 is 0 Å². The van der Waals surface area contributed by atoms with E-state index in [0.717, 1.165) is 23.1 Å². The average Bonchev–Trinajstić information content (AvgIpc) is 2.85. The third-order valence-corrected chi connectivity index (χ3v) is 2.49. The molecule has 1 atom stereocenters. The van der Waals surface area contributed by atoms with Crippen LogP contribution in [0.5, 0.6) is 0 Å². The Hall–Kier alpha value is -1.38. The van der Waals surface area contributed by atoms with Gasteiger partial charge in [-0.25, -0.2) is 0 Å². The number of nitrogens with two attached hydrogens (primary N) is 1. The topological polar surface area (TPSA) is 94.5 Å². The van der Waals surface area contributed by atoms with Crippen molar-refractivity contribution in [2.75, 3.05) is 0 Å². The lowest BCUT2D eigenvalue weighted by Gasteiger charge is -2.10. The van der Waals surface area contributed by atoms with Crippen LogP contribution in [0.25, 0.3) is 0 Å². The molecule has 2 aromatic heterocycles. The van der Waals surface area contributed by atoms with Gasteiger partial charge in [-0.15, -0.1) is 5.10 Å². The number of nitrogens with one attached hydrogen (secondary N) is 1. The fourth-order valence-electron chi connectivity index (χ4n) is 1.27. The Bertz CT molecular complexity index is 409. The smallest absolute Gasteiger partial charge is 0.0929 e. The van der Waals surface area contributed by atoms with Crippen molar-refractivity contribution in [1.82, 2.24) is 29.2 Å². The van der Waals surface area contributed by atoms with Gasteiger partial charge in [0, 0.05) is 19.7 Å². The molecule has 0 aliphatic rings. The SMILES string of the molecule is Cn1cc(CC(NN)c2cnsn2)nn1. The van der Waals surface area contributed by atoms with Crippen LogP contribution >= 0.6 is 11.7 Å². The van der Waals surface area contributed by atoms with Crippen molar-refractivity contribution in [1.29, 1.82) is 0 Å². The first-order chi connectivity index (χ1) is 7.29. The summed E-state index contributed by atoms with van der Waals surface area (Å²) in [5.74, 6) is 5.45. The molecule has 0 amide bonds. The van der Waals surface area contributed by atoms with Crippen molar-refractivity contribution in [3.8, 4) is 0 Å². The molecule has 15 heavy (non-hydrogen) atoms. The minimum Gasteiger partial charge on any atom is -0.271 e. The van der Waals surface area contributed by atoms with E-state index < -0.39 is 0 Å². The van der Waals surface area contributed by atoms with Crippen molar-refractivity contribution in [2.24, 2.45) is 12.9 Å². The monoisotopic (exact) mass is 225 g/mol. The molecule has 8 heteroatoms. The maximum Gasteiger partial charge on any atom is 0.0929 e. The van der Waals surface area contributed by atoms with Crippen LogP contribution < -0.4 is 11.3 Å². The molecule has 80 valence electrons. The van der Waals surface area contributed by atoms with Gasteiger partial charge in [-0.3, -0.25) is 16.0 Å². The first kappa shape index (κ1) is 10.1. The highest BCUT2D eigenvalue weighted by Crippen LogP contribution is 2.13. The second-order valence-corrected chi connectivity index (χ2v) is 3.70. The fourth-order valence-corrected chi connectivity index (χ4v) is 1.74. The molecule has 0 aromatic carbocycles. The van der Waals surface area contributed by atoms with Gasteiger partial charge in [-0.1, -0.05) is 5.21 Å². The Balaban J connectivity index is 2.09. The quantitative estimate of drug-likeness (QED) is 0.533. The molecule has 0 fully saturated rings. The van der Waals surface area contributed by atoms with Gasteiger partial charge in [0.25, 0.3) is 0 Å². The van der Waals surface area contributed by atoms with Crippen LogP contribution in [0.3, 0.4) is 0 Å². The van der Waals surface area contributed by atoms with Crippen LogP contribution in [0, 0.1) is 0 Å². The normalized spacial score (nSPS) is 12.9. The molecule has 2 heterocycles. The zero-order valence-electron chi connectivity index (χ0n) is 8.16. The Morgan fingerprint density at radius 1 is 1.67 bits per heavy atom. The second-order valence-electron chi connectivity index (χ2n) is 3.14. The lowest BCUT2D eigenvalue weighted by molar-refractivity contribution is 0.536. The lowest BCUT2D eigenvalue weighted by Crippen LogP contribution is -2.29. The van der Waals surface area contributed by atoms with Gasteiger partial charge in [0.2, 0.25) is 0 Å². The van der Waals surface area contributed by atoms with E-state index in [1.54, 1.807) is 10.9 Å². The average molecular weight is 225 g/mol. The molecule has 0 saturated heterocycles. The van der Waals surface area contributed by atoms with E-state index in [0.29, 0.717) is 6.42 Å². The Morgan fingerprint density at radius 3 is 3.07 bits per heavy atom. The molecule has 0 bridgehead atoms. The van der Waals surface area contributed by atoms with Crippen molar-refractivity contribution < 1.29 is 0 Å². The van der Waals surface area contributed by atoms with Crippen LogP contribution in [-0.4, -0.2) is 23.7 Å². The highest BCUT2D eigenvalue weighted by molar-refractivity contribution is 6.99. The maximum atomic E-state index is 5.45. The van der Waals surface area contributed by atoms with E-state index in [4.69, 9.17) is 5.84 Å². The number of hydrogen-bond donors (Lipinski definition) is 2. The first-order valence-electron chi connectivity index (χ1n) is 4.38. The van der Waals surface area contributed by atoms with Crippen LogP contribution in [0.4, 0.5) is 0 Å². The summed E-state index contributed by atoms with van der Waals surface area (Å²) >= 11 is 1.16. The van der Waals surface area contributed by atoms with Gasteiger partial charge < -0.3 is 0 Å². The van der Waals surface area contributed by atoms with Crippen LogP contribution in [0.15, 0.2) is 12.4 Å². The summed E-state index contributed by atoms with van der Waals surface area (Å²) in [6.07, 6.45) is 4.20. The molecule has 0 spiro atoms. The van der Waals surface area contributed by atoms with E-state index >= 15 is 0 Å². The number of aryl methyl sites for hydroxylation is 1. The highest BCUT2D eigenvalue weighted by atomic mass is 32.1. The van der Waals surface area contributed by atoms with Crippen LogP contribution in [-0.2, 0) is 13.5 Å². The second kappa shape index (κ2) is 4.43. The molecule has 1 unspecified atom stereocenters. The summed E-state index contributed by atoms with van der Waals surface area (Å²) in [5.41, 5.74) is 4.39. The number of hydrogen-bond acceptors (Lipinski definition) is 7. The first-order valence-corrected chi connectivity index (χ1v) is 5.11. The van der Waals surface area contributed by atoms with Crippen molar-refractivity contribution in [3.63, 3.8) is 0 Å². The van der Waals surface area contributed by atoms with E-state index in [-0.39, 0.29) is 6.04 Å². The highest BCUT2D eigenvalue weighted by Gasteiger charge is 2.14. The van der Waals surface area contributed by atoms with Gasteiger partial charge in [0.05, 0.1) is 35.4 Å². The summed E-state index contributed by atoms with van der Waals surface area (Å²) < 4.78 is 9.71. The van der Waals surface area contributed by atoms with E-state index in [9.17, 15) is 0 Å². The molecular formula is C7H11N7S. The van der Waals surface area contributed by atoms with Gasteiger partial charge in [0.1, 0.15) is 0 Å². The predicted molar refractivity (Wildman–Crippen MR) is 54.7 cm³/mol. The summed E-state index contributed by atoms with van der Waals surface area (Å²) in [4.78, 5) is 0. The lowest BCUT2D eigenvalue weighted by atomic mass is 10.1. The number of nitrogens with zero attached hydrogens (tertiary/aromatic N) is 5. The molecule has 0 radical (unpaired) electrons. The standard InChI is InChI=1S/C7H11N7S/c1-14-4-5(11-13-14)2-6(10-8)7-3-9-15-12-7/h3-4,6,10H,2,8H2,1H3. The minimum atomic E-state index is -0.0690. The molecule has 3 N–H and O–H groups in total. The van der Waals surface area contributed by atoms with Gasteiger partial charge in [-0.05, 0) is 0 Å². The zero-order chi connectivity index (χ0) is 10.7. The van der Waals surface area contributed by atoms with Crippen LogP contribution in [0.2, 0.25) is 0 Å². The zero-order valence-corrected chi connectivity index (χ0v) is 8.98. The third kappa shape index (κ3) is 2.35. The van der Waals surface area contributed by atoms with Gasteiger partial charge in [-0.2, -0.15) is 8.75 Å². The molecular weight excluding hydrogens is 214 g/mol. The van der Waals surface area contributed by atoms with E-state index in [1.165, 1.54) is 0 Å². The number of aromatic nitrogens is 5. The van der Waals surface area contributed by atoms with Gasteiger partial charge in [0.15, 0.2) is 0 Å². The Morgan fingerprint density at radius 2 is 2.53 bits per heavy atom. The number of hydrazine groups is 1. The molecule has 7 nitrogen and oxygen atoms in total. The fraction of sp³-hybridized carbons (Fsp3) is 0.429. The van der Waals surface area contributed by atoms with Crippen molar-refractivity contribution in [2.45, 2.75) is 12.5 Å². The molecule has 0 aliphatic heterocycles. The number of rotatable bonds is 4. The van der Waals surface area contributed by atoms with Crippen LogP contribution in [0.1, 0.15) is 17.4 Å². The minimum absolute atomic E-state index is 0.0690. The third-order valence-electron chi connectivity index (χ3n) is 2.00. The molecule has 0 saturated carbocycles. The van der Waals surface area contributed by atoms with Crippen molar-refractivity contribution >= 4 is 11.7 Å². The summed E-state index contributed by atoms with van der Waals surface area (Å²) in [6.45, 7) is 0. The summed E-state index contributed by atoms with van der Waals surface area (Å²) in [7, 11) is 1.83. The Labute approximate surface area is 90.6 Å².